The quantitative estimate of drug-likeness (QED) is 0.778. The van der Waals surface area contributed by atoms with Gasteiger partial charge in [-0.3, -0.25) is 4.79 Å². The first-order valence-corrected chi connectivity index (χ1v) is 4.06. The molecule has 0 fully saturated rings. The van der Waals surface area contributed by atoms with Crippen LogP contribution in [0.15, 0.2) is 6.07 Å². The third-order valence-electron chi connectivity index (χ3n) is 1.69. The molecule has 2 N–H and O–H groups in total. The van der Waals surface area contributed by atoms with Crippen LogP contribution in [0.1, 0.15) is 28.0 Å². The molecular weight excluding hydrogens is 214 g/mol. The minimum atomic E-state index is -2.71. The van der Waals surface area contributed by atoms with Crippen LogP contribution in [0.25, 0.3) is 0 Å². The number of hydrogen-bond donors (Lipinski definition) is 1. The number of rotatable bonds is 2. The van der Waals surface area contributed by atoms with E-state index in [1.54, 1.807) is 0 Å². The Bertz CT molecular complexity index is 382. The van der Waals surface area contributed by atoms with E-state index < -0.39 is 11.7 Å². The predicted octanol–water partition coefficient (Wildman–Crippen LogP) is 2.29. The molecule has 0 atom stereocenters. The molecule has 0 aromatic carbocycles. The highest BCUT2D eigenvalue weighted by Crippen LogP contribution is 2.25. The zero-order valence-corrected chi connectivity index (χ0v) is 7.98. The van der Waals surface area contributed by atoms with Crippen LogP contribution in [0.3, 0.4) is 0 Å². The molecule has 6 heteroatoms. The predicted molar refractivity (Wildman–Crippen MR) is 48.5 cm³/mol. The molecule has 0 radical (unpaired) electrons. The van der Waals surface area contributed by atoms with Crippen LogP contribution in [0.4, 0.5) is 14.6 Å². The van der Waals surface area contributed by atoms with Gasteiger partial charge >= 0.3 is 0 Å². The van der Waals surface area contributed by atoms with E-state index in [1.807, 2.05) is 0 Å². The molecule has 0 unspecified atom stereocenters. The first-order valence-electron chi connectivity index (χ1n) is 3.68. The average molecular weight is 221 g/mol. The molecule has 1 aromatic rings. The molecule has 0 amide bonds. The molecule has 0 aliphatic rings. The van der Waals surface area contributed by atoms with Gasteiger partial charge in [0.05, 0.1) is 5.56 Å². The molecule has 1 heterocycles. The molecule has 0 saturated heterocycles. The van der Waals surface area contributed by atoms with Crippen molar-refractivity contribution in [1.29, 1.82) is 0 Å². The highest BCUT2D eigenvalue weighted by Gasteiger charge is 2.17. The van der Waals surface area contributed by atoms with Gasteiger partial charge in [-0.15, -0.1) is 0 Å². The monoisotopic (exact) mass is 220 g/mol. The maximum absolute atomic E-state index is 12.3. The number of hydrogen-bond acceptors (Lipinski definition) is 3. The van der Waals surface area contributed by atoms with Crippen LogP contribution in [0.2, 0.25) is 0 Å². The van der Waals surface area contributed by atoms with E-state index in [-0.39, 0.29) is 22.6 Å². The molecule has 0 saturated carbocycles. The summed E-state index contributed by atoms with van der Waals surface area (Å²) in [6.45, 7) is 1.47. The second-order valence-electron chi connectivity index (χ2n) is 2.70. The zero-order chi connectivity index (χ0) is 10.9. The third-order valence-corrected chi connectivity index (χ3v) is 1.87. The maximum atomic E-state index is 12.3. The van der Waals surface area contributed by atoms with Crippen molar-refractivity contribution < 1.29 is 13.6 Å². The van der Waals surface area contributed by atoms with E-state index >= 15 is 0 Å². The highest BCUT2D eigenvalue weighted by atomic mass is 35.5. The van der Waals surface area contributed by atoms with Crippen molar-refractivity contribution in [3.05, 3.63) is 22.9 Å². The lowest BCUT2D eigenvalue weighted by molar-refractivity contribution is 0.107. The molecule has 3 nitrogen and oxygen atoms in total. The average Bonchev–Trinajstić information content (AvgIpc) is 2.07. The number of pyridine rings is 1. The van der Waals surface area contributed by atoms with Crippen molar-refractivity contribution >= 4 is 22.7 Å². The number of halogens is 3. The second kappa shape index (κ2) is 3.88. The first-order chi connectivity index (χ1) is 6.43. The van der Waals surface area contributed by atoms with E-state index in [2.05, 4.69) is 4.98 Å². The largest absolute Gasteiger partial charge is 0.383 e. The van der Waals surface area contributed by atoms with Crippen molar-refractivity contribution in [3.63, 3.8) is 0 Å². The number of anilines is 1. The second-order valence-corrected chi connectivity index (χ2v) is 3.05. The maximum Gasteiger partial charge on any atom is 0.271 e. The fraction of sp³-hybridized carbons (Fsp3) is 0.250. The summed E-state index contributed by atoms with van der Waals surface area (Å²) in [5.74, 6) is -0.366. The molecule has 0 aliphatic carbocycles. The number of nitrogens with zero attached hydrogens (tertiary/aromatic N) is 1. The van der Waals surface area contributed by atoms with Crippen LogP contribution >= 0.6 is 11.6 Å². The van der Waals surface area contributed by atoms with E-state index in [0.717, 1.165) is 6.07 Å². The summed E-state index contributed by atoms with van der Waals surface area (Å²) in [7, 11) is 0. The van der Waals surface area contributed by atoms with E-state index in [9.17, 15) is 13.6 Å². The van der Waals surface area contributed by atoms with Crippen LogP contribution < -0.4 is 5.73 Å². The lowest BCUT2D eigenvalue weighted by Crippen LogP contribution is -2.06. The lowest BCUT2D eigenvalue weighted by Gasteiger charge is -2.07. The number of alkyl halides is 2. The summed E-state index contributed by atoms with van der Waals surface area (Å²) in [4.78, 5) is 14.3. The van der Waals surface area contributed by atoms with Gasteiger partial charge in [-0.25, -0.2) is 13.8 Å². The molecule has 14 heavy (non-hydrogen) atoms. The van der Waals surface area contributed by atoms with Gasteiger partial charge in [0, 0.05) is 0 Å². The van der Waals surface area contributed by atoms with Crippen LogP contribution in [0, 0.1) is 6.92 Å². The summed E-state index contributed by atoms with van der Waals surface area (Å²) in [6, 6.07) is 1.11. The highest BCUT2D eigenvalue weighted by molar-refractivity contribution is 6.67. The van der Waals surface area contributed by atoms with E-state index in [4.69, 9.17) is 17.3 Å². The Balaban J connectivity index is 3.31. The molecule has 0 bridgehead atoms. The minimum Gasteiger partial charge on any atom is -0.383 e. The van der Waals surface area contributed by atoms with Gasteiger partial charge in [-0.1, -0.05) is 0 Å². The van der Waals surface area contributed by atoms with Crippen molar-refractivity contribution in [2.45, 2.75) is 13.3 Å². The Hall–Kier alpha value is -1.23. The summed E-state index contributed by atoms with van der Waals surface area (Å²) < 4.78 is 24.6. The van der Waals surface area contributed by atoms with Crippen LogP contribution in [-0.4, -0.2) is 10.2 Å². The van der Waals surface area contributed by atoms with Gasteiger partial charge in [-0.05, 0) is 30.2 Å². The first kappa shape index (κ1) is 10.8. The Kier molecular flexibility index (Phi) is 3.00. The Labute approximate surface area is 83.9 Å². The fourth-order valence-electron chi connectivity index (χ4n) is 1.02. The minimum absolute atomic E-state index is 0.0893. The number of carbonyl (C=O) groups is 1. The SMILES string of the molecule is Cc1cc(C(F)F)c(N)nc1C(=O)Cl. The number of aryl methyl sites for hydroxylation is 1. The van der Waals surface area contributed by atoms with Gasteiger partial charge in [0.1, 0.15) is 11.5 Å². The van der Waals surface area contributed by atoms with Crippen molar-refractivity contribution in [2.75, 3.05) is 5.73 Å². The van der Waals surface area contributed by atoms with E-state index in [0.29, 0.717) is 0 Å². The van der Waals surface area contributed by atoms with E-state index in [1.165, 1.54) is 6.92 Å². The normalized spacial score (nSPS) is 10.6. The lowest BCUT2D eigenvalue weighted by atomic mass is 10.1. The standard InChI is InChI=1S/C8H7ClF2N2O/c1-3-2-4(7(10)11)8(12)13-5(3)6(9)14/h2,7H,1H3,(H2,12,13). The number of aromatic nitrogens is 1. The smallest absolute Gasteiger partial charge is 0.271 e. The summed E-state index contributed by atoms with van der Waals surface area (Å²) in [5, 5.41) is -0.810. The number of nitrogen functional groups attached to an aromatic ring is 1. The summed E-state index contributed by atoms with van der Waals surface area (Å²) in [6.07, 6.45) is -2.71. The Morgan fingerprint density at radius 1 is 1.64 bits per heavy atom. The molecule has 76 valence electrons. The third kappa shape index (κ3) is 1.98. The van der Waals surface area contributed by atoms with Crippen molar-refractivity contribution in [3.8, 4) is 0 Å². The summed E-state index contributed by atoms with van der Waals surface area (Å²) >= 11 is 5.17. The molecule has 1 aromatic heterocycles. The molecule has 0 spiro atoms. The Morgan fingerprint density at radius 3 is 2.64 bits per heavy atom. The summed E-state index contributed by atoms with van der Waals surface area (Å²) in [5.41, 5.74) is 5.04. The molecule has 0 aliphatic heterocycles. The number of nitrogens with two attached hydrogens (primary N) is 1. The fourth-order valence-corrected chi connectivity index (χ4v) is 1.21. The van der Waals surface area contributed by atoms with Gasteiger partial charge in [0.2, 0.25) is 0 Å². The molecular formula is C8H7ClF2N2O. The zero-order valence-electron chi connectivity index (χ0n) is 7.22. The van der Waals surface area contributed by atoms with Crippen LogP contribution in [0.5, 0.6) is 0 Å². The van der Waals surface area contributed by atoms with Gasteiger partial charge in [0.15, 0.2) is 0 Å². The Morgan fingerprint density at radius 2 is 2.21 bits per heavy atom. The van der Waals surface area contributed by atoms with Crippen LogP contribution in [-0.2, 0) is 0 Å². The van der Waals surface area contributed by atoms with Gasteiger partial charge in [0.25, 0.3) is 11.7 Å². The van der Waals surface area contributed by atoms with Crippen molar-refractivity contribution in [1.82, 2.24) is 4.98 Å². The van der Waals surface area contributed by atoms with Gasteiger partial charge < -0.3 is 5.73 Å². The van der Waals surface area contributed by atoms with Crippen molar-refractivity contribution in [2.24, 2.45) is 0 Å². The molecule has 1 rings (SSSR count). The van der Waals surface area contributed by atoms with Gasteiger partial charge in [-0.2, -0.15) is 0 Å². The topological polar surface area (TPSA) is 56.0 Å². The number of carbonyl (C=O) groups excluding carboxylic acids is 1.